The number of ether oxygens (including phenoxy) is 1. The van der Waals surface area contributed by atoms with Gasteiger partial charge in [0.2, 0.25) is 11.9 Å². The lowest BCUT2D eigenvalue weighted by Gasteiger charge is -2.33. The Bertz CT molecular complexity index is 995. The van der Waals surface area contributed by atoms with Crippen molar-refractivity contribution < 1.29 is 22.4 Å². The normalized spacial score (nSPS) is 18.4. The number of aryl methyl sites for hydroxylation is 1. The van der Waals surface area contributed by atoms with Gasteiger partial charge in [-0.05, 0) is 25.0 Å². The number of anilines is 1. The molecule has 0 aliphatic carbocycles. The van der Waals surface area contributed by atoms with Gasteiger partial charge < -0.3 is 19.0 Å². The summed E-state index contributed by atoms with van der Waals surface area (Å²) >= 11 is 0. The van der Waals surface area contributed by atoms with E-state index in [1.54, 1.807) is 6.26 Å². The van der Waals surface area contributed by atoms with Crippen LogP contribution >= 0.6 is 0 Å². The third-order valence-electron chi connectivity index (χ3n) is 5.86. The molecule has 0 aromatic carbocycles. The number of nitrogens with zero attached hydrogens (tertiary/aromatic N) is 4. The number of likely N-dealkylation sites (tertiary alicyclic amines) is 1. The predicted octanol–water partition coefficient (Wildman–Crippen LogP) is 1.65. The standard InChI is InChI=1S/C21H28N4O5S/c1-31(27,28)18-15-22-21(25-10-13-29-14-11-25)23-20(18)16-6-8-24(9-7-16)19(26)5-4-17-3-2-12-30-17/h2-3,12,15-16H,4-11,13-14H2,1H3. The second-order valence-electron chi connectivity index (χ2n) is 8.03. The summed E-state index contributed by atoms with van der Waals surface area (Å²) in [6.07, 6.45) is 6.57. The van der Waals surface area contributed by atoms with Crippen molar-refractivity contribution in [3.05, 3.63) is 36.0 Å². The van der Waals surface area contributed by atoms with Crippen LogP contribution in [0.5, 0.6) is 0 Å². The van der Waals surface area contributed by atoms with Gasteiger partial charge in [-0.1, -0.05) is 0 Å². The molecular weight excluding hydrogens is 420 g/mol. The maximum Gasteiger partial charge on any atom is 0.225 e. The van der Waals surface area contributed by atoms with Crippen LogP contribution in [-0.2, 0) is 25.8 Å². The Balaban J connectivity index is 1.45. The molecule has 2 aliphatic rings. The molecule has 1 amide bonds. The highest BCUT2D eigenvalue weighted by Crippen LogP contribution is 2.32. The lowest BCUT2D eigenvalue weighted by atomic mass is 9.93. The maximum absolute atomic E-state index is 12.6. The van der Waals surface area contributed by atoms with Crippen molar-refractivity contribution in [1.82, 2.24) is 14.9 Å². The van der Waals surface area contributed by atoms with Gasteiger partial charge in [-0.3, -0.25) is 4.79 Å². The van der Waals surface area contributed by atoms with Gasteiger partial charge in [-0.2, -0.15) is 0 Å². The van der Waals surface area contributed by atoms with Crippen molar-refractivity contribution in [2.24, 2.45) is 0 Å². The highest BCUT2D eigenvalue weighted by atomic mass is 32.2. The predicted molar refractivity (Wildman–Crippen MR) is 114 cm³/mol. The smallest absolute Gasteiger partial charge is 0.225 e. The van der Waals surface area contributed by atoms with Crippen LogP contribution in [0.2, 0.25) is 0 Å². The molecule has 0 bridgehead atoms. The Kier molecular flexibility index (Phi) is 6.57. The zero-order chi connectivity index (χ0) is 21.8. The van der Waals surface area contributed by atoms with E-state index in [1.807, 2.05) is 21.9 Å². The van der Waals surface area contributed by atoms with E-state index in [0.717, 1.165) is 5.76 Å². The quantitative estimate of drug-likeness (QED) is 0.657. The fourth-order valence-corrected chi connectivity index (χ4v) is 4.95. The Morgan fingerprint density at radius 1 is 1.19 bits per heavy atom. The van der Waals surface area contributed by atoms with Gasteiger partial charge in [0.1, 0.15) is 10.7 Å². The molecule has 2 fully saturated rings. The number of hydrogen-bond acceptors (Lipinski definition) is 8. The monoisotopic (exact) mass is 448 g/mol. The van der Waals surface area contributed by atoms with E-state index in [9.17, 15) is 13.2 Å². The largest absolute Gasteiger partial charge is 0.469 e. The zero-order valence-electron chi connectivity index (χ0n) is 17.7. The average molecular weight is 449 g/mol. The molecule has 0 radical (unpaired) electrons. The molecule has 2 saturated heterocycles. The minimum atomic E-state index is -3.45. The number of morpholine rings is 1. The Morgan fingerprint density at radius 3 is 2.58 bits per heavy atom. The van der Waals surface area contributed by atoms with Crippen LogP contribution in [0.15, 0.2) is 33.9 Å². The van der Waals surface area contributed by atoms with Crippen LogP contribution in [0.25, 0.3) is 0 Å². The Hall–Kier alpha value is -2.46. The van der Waals surface area contributed by atoms with E-state index in [2.05, 4.69) is 4.98 Å². The van der Waals surface area contributed by atoms with Crippen LogP contribution in [0, 0.1) is 0 Å². The number of rotatable bonds is 6. The number of furan rings is 1. The molecule has 2 aliphatic heterocycles. The lowest BCUT2D eigenvalue weighted by Crippen LogP contribution is -2.39. The summed E-state index contributed by atoms with van der Waals surface area (Å²) in [4.78, 5) is 25.6. The first-order chi connectivity index (χ1) is 14.9. The van der Waals surface area contributed by atoms with Gasteiger partial charge in [0.25, 0.3) is 0 Å². The van der Waals surface area contributed by atoms with E-state index in [0.29, 0.717) is 76.7 Å². The number of sulfone groups is 1. The van der Waals surface area contributed by atoms with Crippen LogP contribution in [0.3, 0.4) is 0 Å². The van der Waals surface area contributed by atoms with Crippen molar-refractivity contribution in [3.8, 4) is 0 Å². The van der Waals surface area contributed by atoms with E-state index < -0.39 is 9.84 Å². The van der Waals surface area contributed by atoms with Crippen molar-refractivity contribution in [3.63, 3.8) is 0 Å². The fraction of sp³-hybridized carbons (Fsp3) is 0.571. The van der Waals surface area contributed by atoms with Crippen LogP contribution < -0.4 is 4.90 Å². The molecule has 168 valence electrons. The molecule has 31 heavy (non-hydrogen) atoms. The minimum absolute atomic E-state index is 0.0263. The highest BCUT2D eigenvalue weighted by molar-refractivity contribution is 7.90. The first kappa shape index (κ1) is 21.8. The highest BCUT2D eigenvalue weighted by Gasteiger charge is 2.30. The topological polar surface area (TPSA) is 106 Å². The second-order valence-corrected chi connectivity index (χ2v) is 10.0. The molecule has 4 rings (SSSR count). The molecule has 2 aromatic heterocycles. The number of amides is 1. The van der Waals surface area contributed by atoms with Gasteiger partial charge in [0, 0.05) is 51.2 Å². The fourth-order valence-electron chi connectivity index (χ4n) is 4.11. The molecular formula is C21H28N4O5S. The molecule has 0 spiro atoms. The van der Waals surface area contributed by atoms with Crippen LogP contribution in [0.1, 0.15) is 36.6 Å². The van der Waals surface area contributed by atoms with Crippen molar-refractivity contribution >= 4 is 21.7 Å². The Labute approximate surface area is 182 Å². The van der Waals surface area contributed by atoms with Gasteiger partial charge in [0.05, 0.1) is 31.4 Å². The zero-order valence-corrected chi connectivity index (χ0v) is 18.5. The van der Waals surface area contributed by atoms with Gasteiger partial charge >= 0.3 is 0 Å². The molecule has 0 N–H and O–H groups in total. The summed E-state index contributed by atoms with van der Waals surface area (Å²) in [5, 5.41) is 0. The first-order valence-corrected chi connectivity index (χ1v) is 12.5. The summed E-state index contributed by atoms with van der Waals surface area (Å²) in [5.41, 5.74) is 0.571. The number of piperidine rings is 1. The molecule has 10 heteroatoms. The van der Waals surface area contributed by atoms with E-state index in [4.69, 9.17) is 14.1 Å². The summed E-state index contributed by atoms with van der Waals surface area (Å²) < 4.78 is 35.4. The number of carbonyl (C=O) groups excluding carboxylic acids is 1. The first-order valence-electron chi connectivity index (χ1n) is 10.6. The molecule has 0 saturated carbocycles. The maximum atomic E-state index is 12.6. The third kappa shape index (κ3) is 5.24. The summed E-state index contributed by atoms with van der Waals surface area (Å²) in [6, 6.07) is 3.69. The SMILES string of the molecule is CS(=O)(=O)c1cnc(N2CCOCC2)nc1C1CCN(C(=O)CCc2ccco2)CC1. The lowest BCUT2D eigenvalue weighted by molar-refractivity contribution is -0.132. The number of aromatic nitrogens is 2. The number of hydrogen-bond donors (Lipinski definition) is 0. The third-order valence-corrected chi connectivity index (χ3v) is 6.98. The molecule has 0 unspecified atom stereocenters. The minimum Gasteiger partial charge on any atom is -0.469 e. The molecule has 0 atom stereocenters. The van der Waals surface area contributed by atoms with Gasteiger partial charge in [-0.15, -0.1) is 0 Å². The van der Waals surface area contributed by atoms with E-state index in [1.165, 1.54) is 12.5 Å². The van der Waals surface area contributed by atoms with Gasteiger partial charge in [-0.25, -0.2) is 18.4 Å². The molecule has 2 aromatic rings. The van der Waals surface area contributed by atoms with Crippen LogP contribution in [0.4, 0.5) is 5.95 Å². The molecule has 9 nitrogen and oxygen atoms in total. The average Bonchev–Trinajstić information content (AvgIpc) is 3.31. The Morgan fingerprint density at radius 2 is 1.94 bits per heavy atom. The van der Waals surface area contributed by atoms with E-state index >= 15 is 0 Å². The summed E-state index contributed by atoms with van der Waals surface area (Å²) in [5.74, 6) is 1.41. The van der Waals surface area contributed by atoms with Gasteiger partial charge in [0.15, 0.2) is 9.84 Å². The summed E-state index contributed by atoms with van der Waals surface area (Å²) in [6.45, 7) is 3.74. The second kappa shape index (κ2) is 9.35. The van der Waals surface area contributed by atoms with Crippen molar-refractivity contribution in [2.75, 3.05) is 50.5 Å². The van der Waals surface area contributed by atoms with E-state index in [-0.39, 0.29) is 16.7 Å². The van der Waals surface area contributed by atoms with Crippen molar-refractivity contribution in [1.29, 1.82) is 0 Å². The number of carbonyl (C=O) groups is 1. The summed E-state index contributed by atoms with van der Waals surface area (Å²) in [7, 11) is -3.45. The van der Waals surface area contributed by atoms with Crippen LogP contribution in [-0.4, -0.2) is 74.8 Å². The molecule has 4 heterocycles. The van der Waals surface area contributed by atoms with Crippen molar-refractivity contribution in [2.45, 2.75) is 36.5 Å².